The summed E-state index contributed by atoms with van der Waals surface area (Å²) in [6.07, 6.45) is 1.56. The predicted molar refractivity (Wildman–Crippen MR) is 93.5 cm³/mol. The van der Waals surface area contributed by atoms with Crippen LogP contribution in [0.4, 0.5) is 0 Å². The van der Waals surface area contributed by atoms with Crippen LogP contribution < -0.4 is 5.73 Å². The molecule has 9 nitrogen and oxygen atoms in total. The Bertz CT molecular complexity index is 682. The molecule has 3 rings (SSSR count). The molecule has 1 aromatic heterocycles. The third-order valence-corrected chi connectivity index (χ3v) is 6.03. The molecule has 2 aliphatic heterocycles. The third-order valence-electron chi connectivity index (χ3n) is 4.33. The monoisotopic (exact) mass is 400 g/mol. The number of likely N-dealkylation sites (N-methyl/N-ethyl adjacent to an activating group) is 1. The molecule has 2 atom stereocenters. The number of carbonyl (C=O) groups is 1. The molecule has 0 aromatic carbocycles. The van der Waals surface area contributed by atoms with Crippen molar-refractivity contribution in [1.82, 2.24) is 24.8 Å². The Morgan fingerprint density at radius 1 is 1.29 bits per heavy atom. The number of sulfone groups is 1. The van der Waals surface area contributed by atoms with Crippen LogP contribution in [0.15, 0.2) is 6.20 Å². The molecule has 0 saturated carbocycles. The lowest BCUT2D eigenvalue weighted by molar-refractivity contribution is 0.0404. The number of aromatic nitrogens is 3. The summed E-state index contributed by atoms with van der Waals surface area (Å²) >= 11 is 0. The molecule has 1 aromatic rings. The minimum absolute atomic E-state index is 0. The van der Waals surface area contributed by atoms with Gasteiger partial charge in [0, 0.05) is 25.7 Å². The smallest absolute Gasteiger partial charge is 0.276 e. The van der Waals surface area contributed by atoms with Crippen molar-refractivity contribution in [3.63, 3.8) is 0 Å². The molecule has 0 unspecified atom stereocenters. The van der Waals surface area contributed by atoms with Gasteiger partial charge in [0.25, 0.3) is 5.91 Å². The van der Waals surface area contributed by atoms with Crippen LogP contribution in [0, 0.1) is 0 Å². The average molecular weight is 401 g/mol. The Hall–Kier alpha value is -0.940. The number of nitrogens with two attached hydrogens (primary N) is 1. The molecule has 3 heterocycles. The molecule has 0 radical (unpaired) electrons. The summed E-state index contributed by atoms with van der Waals surface area (Å²) in [5.74, 6) is -0.133. The van der Waals surface area contributed by atoms with Crippen LogP contribution in [-0.4, -0.2) is 89.4 Å². The van der Waals surface area contributed by atoms with Gasteiger partial charge in [0.2, 0.25) is 0 Å². The van der Waals surface area contributed by atoms with Crippen molar-refractivity contribution < 1.29 is 13.2 Å². The van der Waals surface area contributed by atoms with E-state index >= 15 is 0 Å². The van der Waals surface area contributed by atoms with Crippen LogP contribution in [-0.2, 0) is 16.4 Å². The molecular formula is C12H22Cl2N6O3S. The second-order valence-electron chi connectivity index (χ2n) is 5.85. The number of hydrogen-bond acceptors (Lipinski definition) is 7. The second kappa shape index (κ2) is 7.96. The SMILES string of the molecule is CN1CCN(C(=O)c2cn(CCN)nn2)[C@H]2CS(=O)(=O)C[C@H]21.Cl.Cl. The van der Waals surface area contributed by atoms with Crippen LogP contribution in [0.5, 0.6) is 0 Å². The summed E-state index contributed by atoms with van der Waals surface area (Å²) in [5, 5.41) is 7.74. The maximum Gasteiger partial charge on any atom is 0.276 e. The van der Waals surface area contributed by atoms with Crippen molar-refractivity contribution >= 4 is 40.6 Å². The Morgan fingerprint density at radius 2 is 1.96 bits per heavy atom. The molecule has 2 saturated heterocycles. The number of rotatable bonds is 3. The van der Waals surface area contributed by atoms with Gasteiger partial charge in [0.15, 0.2) is 15.5 Å². The highest BCUT2D eigenvalue weighted by atomic mass is 35.5. The summed E-state index contributed by atoms with van der Waals surface area (Å²) in [7, 11) is -1.21. The van der Waals surface area contributed by atoms with E-state index in [1.165, 1.54) is 4.68 Å². The zero-order chi connectivity index (χ0) is 15.9. The van der Waals surface area contributed by atoms with Gasteiger partial charge in [0.1, 0.15) is 0 Å². The summed E-state index contributed by atoms with van der Waals surface area (Å²) in [6.45, 7) is 2.05. The van der Waals surface area contributed by atoms with Crippen molar-refractivity contribution in [2.45, 2.75) is 18.6 Å². The molecule has 0 aliphatic carbocycles. The van der Waals surface area contributed by atoms with Crippen LogP contribution in [0.3, 0.4) is 0 Å². The standard InChI is InChI=1S/C12H20N6O3S.2ClH/c1-16-4-5-18(11-8-22(20,21)7-10(11)16)12(19)9-6-17(3-2-13)15-14-9;;/h6,10-11H,2-5,7-8,13H2,1H3;2*1H/t10-,11+;;/m1../s1. The van der Waals surface area contributed by atoms with Gasteiger partial charge in [-0.05, 0) is 7.05 Å². The summed E-state index contributed by atoms with van der Waals surface area (Å²) in [6, 6.07) is -0.447. The van der Waals surface area contributed by atoms with Gasteiger partial charge in [-0.2, -0.15) is 0 Å². The third kappa shape index (κ3) is 3.99. The van der Waals surface area contributed by atoms with E-state index in [1.54, 1.807) is 11.1 Å². The lowest BCUT2D eigenvalue weighted by Crippen LogP contribution is -2.59. The Balaban J connectivity index is 0.00000144. The number of halogens is 2. The topological polar surface area (TPSA) is 114 Å². The molecule has 0 spiro atoms. The van der Waals surface area contributed by atoms with Gasteiger partial charge in [-0.3, -0.25) is 14.4 Å². The first-order valence-corrected chi connectivity index (χ1v) is 9.05. The largest absolute Gasteiger partial charge is 0.330 e. The minimum atomic E-state index is -3.11. The zero-order valence-corrected chi connectivity index (χ0v) is 15.7. The van der Waals surface area contributed by atoms with E-state index < -0.39 is 9.84 Å². The number of fused-ring (bicyclic) bond motifs is 1. The lowest BCUT2D eigenvalue weighted by Gasteiger charge is -2.41. The number of nitrogens with zero attached hydrogens (tertiary/aromatic N) is 5. The molecule has 2 N–H and O–H groups in total. The molecule has 138 valence electrons. The van der Waals surface area contributed by atoms with Crippen LogP contribution in [0.2, 0.25) is 0 Å². The number of carbonyl (C=O) groups excluding carboxylic acids is 1. The van der Waals surface area contributed by atoms with E-state index in [0.717, 1.165) is 0 Å². The number of amides is 1. The highest BCUT2D eigenvalue weighted by Gasteiger charge is 2.47. The van der Waals surface area contributed by atoms with Crippen molar-refractivity contribution in [2.75, 3.05) is 38.2 Å². The van der Waals surface area contributed by atoms with E-state index in [9.17, 15) is 13.2 Å². The Morgan fingerprint density at radius 3 is 2.62 bits per heavy atom. The number of hydrogen-bond donors (Lipinski definition) is 1. The molecule has 12 heteroatoms. The van der Waals surface area contributed by atoms with E-state index in [4.69, 9.17) is 5.73 Å². The highest BCUT2D eigenvalue weighted by Crippen LogP contribution is 2.26. The first-order valence-electron chi connectivity index (χ1n) is 7.23. The lowest BCUT2D eigenvalue weighted by atomic mass is 10.1. The van der Waals surface area contributed by atoms with Gasteiger partial charge >= 0.3 is 0 Å². The normalized spacial score (nSPS) is 25.5. The quantitative estimate of drug-likeness (QED) is 0.665. The first-order chi connectivity index (χ1) is 10.4. The highest BCUT2D eigenvalue weighted by molar-refractivity contribution is 7.91. The van der Waals surface area contributed by atoms with Gasteiger partial charge in [-0.1, -0.05) is 5.21 Å². The predicted octanol–water partition coefficient (Wildman–Crippen LogP) is -1.37. The van der Waals surface area contributed by atoms with Gasteiger partial charge < -0.3 is 10.6 Å². The zero-order valence-electron chi connectivity index (χ0n) is 13.2. The first kappa shape index (κ1) is 21.1. The molecule has 2 aliphatic rings. The summed E-state index contributed by atoms with van der Waals surface area (Å²) in [4.78, 5) is 16.3. The summed E-state index contributed by atoms with van der Waals surface area (Å²) < 4.78 is 25.4. The fourth-order valence-corrected chi connectivity index (χ4v) is 5.22. The van der Waals surface area contributed by atoms with Gasteiger partial charge in [-0.25, -0.2) is 8.42 Å². The average Bonchev–Trinajstić information content (AvgIpc) is 3.03. The van der Waals surface area contributed by atoms with Crippen LogP contribution >= 0.6 is 24.8 Å². The van der Waals surface area contributed by atoms with E-state index in [1.807, 2.05) is 11.9 Å². The van der Waals surface area contributed by atoms with Crippen molar-refractivity contribution in [3.05, 3.63) is 11.9 Å². The molecule has 2 fully saturated rings. The van der Waals surface area contributed by atoms with Crippen molar-refractivity contribution in [3.8, 4) is 0 Å². The van der Waals surface area contributed by atoms with Gasteiger partial charge in [-0.15, -0.1) is 29.9 Å². The Kier molecular flexibility index (Phi) is 7.00. The summed E-state index contributed by atoms with van der Waals surface area (Å²) in [5.41, 5.74) is 5.68. The van der Waals surface area contributed by atoms with E-state index in [0.29, 0.717) is 26.2 Å². The minimum Gasteiger partial charge on any atom is -0.330 e. The number of piperazine rings is 1. The molecule has 1 amide bonds. The van der Waals surface area contributed by atoms with E-state index in [2.05, 4.69) is 10.3 Å². The molecular weight excluding hydrogens is 379 g/mol. The maximum absolute atomic E-state index is 12.6. The van der Waals surface area contributed by atoms with Crippen molar-refractivity contribution in [1.29, 1.82) is 0 Å². The fourth-order valence-electron chi connectivity index (χ4n) is 3.16. The van der Waals surface area contributed by atoms with Crippen molar-refractivity contribution in [2.24, 2.45) is 5.73 Å². The van der Waals surface area contributed by atoms with Crippen LogP contribution in [0.25, 0.3) is 0 Å². The van der Waals surface area contributed by atoms with E-state index in [-0.39, 0.29) is 60.0 Å². The van der Waals surface area contributed by atoms with Crippen LogP contribution in [0.1, 0.15) is 10.5 Å². The fraction of sp³-hybridized carbons (Fsp3) is 0.750. The molecule has 0 bridgehead atoms. The molecule has 24 heavy (non-hydrogen) atoms. The second-order valence-corrected chi connectivity index (χ2v) is 8.00. The maximum atomic E-state index is 12.6. The van der Waals surface area contributed by atoms with Gasteiger partial charge in [0.05, 0.1) is 30.3 Å². The Labute approximate surface area is 153 Å².